The van der Waals surface area contributed by atoms with Gasteiger partial charge in [0.25, 0.3) is 15.9 Å². The third kappa shape index (κ3) is 6.08. The molecular formula is C30H27ClF5N3O4S2. The minimum absolute atomic E-state index is 0.0642. The van der Waals surface area contributed by atoms with Crippen LogP contribution in [-0.4, -0.2) is 43.5 Å². The first kappa shape index (κ1) is 31.9. The first-order chi connectivity index (χ1) is 21.3. The number of ether oxygens (including phenoxy) is 1. The second-order valence-corrected chi connectivity index (χ2v) is 14.7. The number of alkyl halides is 5. The van der Waals surface area contributed by atoms with Crippen molar-refractivity contribution < 1.29 is 39.9 Å². The molecule has 1 aliphatic carbocycles. The standard InChI is InChI=1S/C30H27ClF5N3O4S2/c31-23-14-19(30(34,35)36)15-37-24(23)16-38-27(40)18-3-8-25-22(13-18)29(9-11-44-12-10-29)26(17-1-2-17)39(25)45(41,42)21-6-4-20(5-7-21)43-28(32)33/h3-8,13-15,17,26,28H,1-2,9-12,16H2,(H,38,40). The summed E-state index contributed by atoms with van der Waals surface area (Å²) in [6, 6.07) is 10.1. The molecule has 1 aromatic heterocycles. The van der Waals surface area contributed by atoms with Crippen molar-refractivity contribution in [2.45, 2.75) is 61.4 Å². The molecule has 1 saturated heterocycles. The maximum absolute atomic E-state index is 14.3. The highest BCUT2D eigenvalue weighted by molar-refractivity contribution is 7.99. The van der Waals surface area contributed by atoms with Crippen LogP contribution in [0.15, 0.2) is 59.6 Å². The van der Waals surface area contributed by atoms with Crippen molar-refractivity contribution in [1.29, 1.82) is 0 Å². The number of sulfonamides is 1. The van der Waals surface area contributed by atoms with E-state index in [1.54, 1.807) is 23.9 Å². The van der Waals surface area contributed by atoms with Gasteiger partial charge in [-0.25, -0.2) is 8.42 Å². The lowest BCUT2D eigenvalue weighted by Crippen LogP contribution is -2.50. The molecule has 1 amide bonds. The number of nitrogens with one attached hydrogen (secondary N) is 1. The summed E-state index contributed by atoms with van der Waals surface area (Å²) in [7, 11) is -4.15. The van der Waals surface area contributed by atoms with E-state index in [1.807, 2.05) is 0 Å². The summed E-state index contributed by atoms with van der Waals surface area (Å²) < 4.78 is 98.7. The number of amides is 1. The van der Waals surface area contributed by atoms with Crippen molar-refractivity contribution in [1.82, 2.24) is 10.3 Å². The van der Waals surface area contributed by atoms with Gasteiger partial charge in [-0.05, 0) is 97.2 Å². The summed E-state index contributed by atoms with van der Waals surface area (Å²) in [5.41, 5.74) is 0.00391. The Morgan fingerprint density at radius 3 is 2.40 bits per heavy atom. The minimum Gasteiger partial charge on any atom is -0.435 e. The molecule has 3 aliphatic rings. The van der Waals surface area contributed by atoms with Crippen molar-refractivity contribution in [3.8, 4) is 5.75 Å². The Morgan fingerprint density at radius 2 is 1.80 bits per heavy atom. The van der Waals surface area contributed by atoms with Crippen LogP contribution in [0.4, 0.5) is 27.6 Å². The van der Waals surface area contributed by atoms with Gasteiger partial charge < -0.3 is 10.1 Å². The number of nitrogens with zero attached hydrogens (tertiary/aromatic N) is 2. The number of thioether (sulfide) groups is 1. The van der Waals surface area contributed by atoms with Crippen LogP contribution in [0, 0.1) is 5.92 Å². The Labute approximate surface area is 265 Å². The molecule has 1 atom stereocenters. The number of hydrogen-bond donors (Lipinski definition) is 1. The van der Waals surface area contributed by atoms with Gasteiger partial charge in [0.15, 0.2) is 0 Å². The Bertz CT molecular complexity index is 1710. The number of halogens is 6. The Hall–Kier alpha value is -3.10. The highest BCUT2D eigenvalue weighted by Gasteiger charge is 2.59. The normalized spacial score (nSPS) is 19.5. The molecule has 1 spiro atoms. The van der Waals surface area contributed by atoms with E-state index in [1.165, 1.54) is 34.6 Å². The molecule has 1 N–H and O–H groups in total. The van der Waals surface area contributed by atoms with E-state index in [0.717, 1.165) is 36.0 Å². The molecule has 7 nitrogen and oxygen atoms in total. The first-order valence-electron chi connectivity index (χ1n) is 14.1. The molecule has 240 valence electrons. The van der Waals surface area contributed by atoms with Crippen LogP contribution in [0.25, 0.3) is 0 Å². The summed E-state index contributed by atoms with van der Waals surface area (Å²) >= 11 is 7.80. The molecule has 6 rings (SSSR count). The SMILES string of the molecule is O=C(NCc1ncc(C(F)(F)F)cc1Cl)c1ccc2c(c1)C1(CCSCC1)C(C1CC1)N2S(=O)(=O)c1ccc(OC(F)F)cc1. The van der Waals surface area contributed by atoms with Crippen LogP contribution >= 0.6 is 23.4 Å². The highest BCUT2D eigenvalue weighted by Crippen LogP contribution is 2.59. The lowest BCUT2D eigenvalue weighted by Gasteiger charge is -2.41. The maximum atomic E-state index is 14.3. The molecule has 45 heavy (non-hydrogen) atoms. The monoisotopic (exact) mass is 687 g/mol. The van der Waals surface area contributed by atoms with Crippen molar-refractivity contribution in [2.24, 2.45) is 5.92 Å². The fourth-order valence-corrected chi connectivity index (χ4v) is 9.61. The van der Waals surface area contributed by atoms with Gasteiger partial charge in [-0.2, -0.15) is 33.7 Å². The van der Waals surface area contributed by atoms with Gasteiger partial charge >= 0.3 is 12.8 Å². The predicted molar refractivity (Wildman–Crippen MR) is 159 cm³/mol. The molecule has 1 saturated carbocycles. The molecule has 2 fully saturated rings. The van der Waals surface area contributed by atoms with Crippen molar-refractivity contribution >= 4 is 45.0 Å². The van der Waals surface area contributed by atoms with Gasteiger partial charge in [0.1, 0.15) is 5.75 Å². The number of benzene rings is 2. The molecule has 2 aromatic carbocycles. The van der Waals surface area contributed by atoms with E-state index in [4.69, 9.17) is 11.6 Å². The molecule has 1 unspecified atom stereocenters. The predicted octanol–water partition coefficient (Wildman–Crippen LogP) is 7.04. The zero-order valence-corrected chi connectivity index (χ0v) is 25.9. The Kier molecular flexibility index (Phi) is 8.44. The van der Waals surface area contributed by atoms with Crippen LogP contribution < -0.4 is 14.4 Å². The van der Waals surface area contributed by atoms with Crippen LogP contribution in [0.2, 0.25) is 5.02 Å². The van der Waals surface area contributed by atoms with Gasteiger partial charge in [0, 0.05) is 17.2 Å². The van der Waals surface area contributed by atoms with Gasteiger partial charge in [0.2, 0.25) is 0 Å². The maximum Gasteiger partial charge on any atom is 0.417 e. The average Bonchev–Trinajstić information content (AvgIpc) is 3.80. The van der Waals surface area contributed by atoms with Crippen molar-refractivity contribution in [3.63, 3.8) is 0 Å². The average molecular weight is 688 g/mol. The molecule has 3 aromatic rings. The first-order valence-corrected chi connectivity index (χ1v) is 17.1. The quantitative estimate of drug-likeness (QED) is 0.256. The number of pyridine rings is 1. The number of anilines is 1. The van der Waals surface area contributed by atoms with Crippen molar-refractivity contribution in [2.75, 3.05) is 15.8 Å². The second kappa shape index (κ2) is 11.9. The summed E-state index contributed by atoms with van der Waals surface area (Å²) in [5, 5.41) is 2.42. The number of fused-ring (bicyclic) bond motifs is 2. The van der Waals surface area contributed by atoms with E-state index in [-0.39, 0.29) is 45.4 Å². The van der Waals surface area contributed by atoms with Gasteiger partial charge in [-0.1, -0.05) is 11.6 Å². The summed E-state index contributed by atoms with van der Waals surface area (Å²) in [5.74, 6) is 1.06. The number of aromatic nitrogens is 1. The summed E-state index contributed by atoms with van der Waals surface area (Å²) in [6.07, 6.45) is -0.837. The zero-order valence-electron chi connectivity index (χ0n) is 23.5. The molecule has 0 radical (unpaired) electrons. The fraction of sp³-hybridized carbons (Fsp3) is 0.400. The lowest BCUT2D eigenvalue weighted by atomic mass is 9.70. The zero-order chi connectivity index (χ0) is 32.1. The molecular weight excluding hydrogens is 661 g/mol. The Morgan fingerprint density at radius 1 is 1.11 bits per heavy atom. The second-order valence-electron chi connectivity index (χ2n) is 11.3. The van der Waals surface area contributed by atoms with Crippen LogP contribution in [0.1, 0.15) is 52.9 Å². The number of rotatable bonds is 8. The van der Waals surface area contributed by atoms with Crippen LogP contribution in [0.3, 0.4) is 0 Å². The number of carbonyl (C=O) groups is 1. The third-order valence-corrected chi connectivity index (χ3v) is 11.7. The van der Waals surface area contributed by atoms with Gasteiger partial charge in [0.05, 0.1) is 39.4 Å². The summed E-state index contributed by atoms with van der Waals surface area (Å²) in [4.78, 5) is 17.0. The largest absolute Gasteiger partial charge is 0.435 e. The van der Waals surface area contributed by atoms with E-state index < -0.39 is 39.7 Å². The number of hydrogen-bond acceptors (Lipinski definition) is 6. The van der Waals surface area contributed by atoms with Gasteiger partial charge in [-0.3, -0.25) is 14.1 Å². The Balaban J connectivity index is 1.33. The lowest BCUT2D eigenvalue weighted by molar-refractivity contribution is -0.137. The van der Waals surface area contributed by atoms with E-state index >= 15 is 0 Å². The topological polar surface area (TPSA) is 88.6 Å². The van der Waals surface area contributed by atoms with E-state index in [9.17, 15) is 35.2 Å². The summed E-state index contributed by atoms with van der Waals surface area (Å²) in [6.45, 7) is -3.26. The molecule has 2 aliphatic heterocycles. The van der Waals surface area contributed by atoms with Crippen LogP contribution in [0.5, 0.6) is 5.75 Å². The minimum atomic E-state index is -4.61. The third-order valence-electron chi connectivity index (χ3n) is 8.57. The highest BCUT2D eigenvalue weighted by atomic mass is 35.5. The van der Waals surface area contributed by atoms with E-state index in [0.29, 0.717) is 24.7 Å². The molecule has 0 bridgehead atoms. The fourth-order valence-electron chi connectivity index (χ4n) is 6.36. The van der Waals surface area contributed by atoms with Crippen LogP contribution in [-0.2, 0) is 28.2 Å². The van der Waals surface area contributed by atoms with Gasteiger partial charge in [-0.15, -0.1) is 0 Å². The van der Waals surface area contributed by atoms with E-state index in [2.05, 4.69) is 15.0 Å². The van der Waals surface area contributed by atoms with Crippen molar-refractivity contribution in [3.05, 3.63) is 82.1 Å². The smallest absolute Gasteiger partial charge is 0.417 e. The molecule has 3 heterocycles. The number of carbonyl (C=O) groups excluding carboxylic acids is 1. The molecule has 15 heteroatoms.